The summed E-state index contributed by atoms with van der Waals surface area (Å²) >= 11 is 4.68. The molecule has 0 radical (unpaired) electrons. The van der Waals surface area contributed by atoms with Crippen LogP contribution in [0.1, 0.15) is 33.3 Å². The third-order valence-electron chi connectivity index (χ3n) is 4.85. The molecule has 0 aromatic heterocycles. The van der Waals surface area contributed by atoms with E-state index in [0.29, 0.717) is 11.1 Å². The molecule has 0 atom stereocenters. The van der Waals surface area contributed by atoms with E-state index >= 15 is 0 Å². The lowest BCUT2D eigenvalue weighted by Gasteiger charge is -2.40. The van der Waals surface area contributed by atoms with E-state index in [1.165, 1.54) is 11.6 Å². The summed E-state index contributed by atoms with van der Waals surface area (Å²) in [5.74, 6) is 0. The molecule has 0 spiro atoms. The van der Waals surface area contributed by atoms with Crippen molar-refractivity contribution in [3.8, 4) is 0 Å². The number of benzene rings is 2. The molecule has 2 heteroatoms. The Labute approximate surface area is 136 Å². The molecule has 2 aromatic carbocycles. The Morgan fingerprint density at radius 3 is 1.86 bits per heavy atom. The summed E-state index contributed by atoms with van der Waals surface area (Å²) in [6.07, 6.45) is 0. The fraction of sp³-hybridized carbons (Fsp3) is 0.368. The highest BCUT2D eigenvalue weighted by Crippen LogP contribution is 2.36. The van der Waals surface area contributed by atoms with E-state index in [2.05, 4.69) is 94.9 Å². The second kappa shape index (κ2) is 6.84. The number of rotatable bonds is 5. The molecular formula is C19H26SSi. The van der Waals surface area contributed by atoms with Crippen molar-refractivity contribution in [1.29, 1.82) is 0 Å². The van der Waals surface area contributed by atoms with E-state index in [1.807, 2.05) is 0 Å². The van der Waals surface area contributed by atoms with Crippen LogP contribution >= 0.6 is 12.6 Å². The SMILES string of the molecule is CC(C)[Si](Cc1ccccc1S)(c1ccccc1)C(C)C. The molecule has 0 aliphatic heterocycles. The standard InChI is InChI=1S/C19H26SSi/c1-15(2)21(16(3)4,18-11-6-5-7-12-18)14-17-10-8-9-13-19(17)20/h5-13,15-16,20H,14H2,1-4H3. The third-order valence-corrected chi connectivity index (χ3v) is 11.8. The lowest BCUT2D eigenvalue weighted by atomic mass is 10.2. The summed E-state index contributed by atoms with van der Waals surface area (Å²) in [7, 11) is -1.65. The Kier molecular flexibility index (Phi) is 5.34. The largest absolute Gasteiger partial charge is 0.143 e. The van der Waals surface area contributed by atoms with Gasteiger partial charge in [0.05, 0.1) is 8.07 Å². The molecule has 0 saturated heterocycles. The maximum absolute atomic E-state index is 4.68. The molecular weight excluding hydrogens is 288 g/mol. The molecule has 0 aliphatic rings. The van der Waals surface area contributed by atoms with Crippen LogP contribution in [0.4, 0.5) is 0 Å². The van der Waals surface area contributed by atoms with Crippen molar-refractivity contribution in [1.82, 2.24) is 0 Å². The molecule has 21 heavy (non-hydrogen) atoms. The lowest BCUT2D eigenvalue weighted by molar-refractivity contribution is 0.888. The van der Waals surface area contributed by atoms with Crippen LogP contribution < -0.4 is 5.19 Å². The first kappa shape index (κ1) is 16.4. The van der Waals surface area contributed by atoms with Gasteiger partial charge in [-0.05, 0) is 28.8 Å². The van der Waals surface area contributed by atoms with Gasteiger partial charge in [-0.3, -0.25) is 0 Å². The number of hydrogen-bond donors (Lipinski definition) is 1. The highest BCUT2D eigenvalue weighted by atomic mass is 32.1. The zero-order chi connectivity index (χ0) is 15.5. The fourth-order valence-corrected chi connectivity index (χ4v) is 9.39. The van der Waals surface area contributed by atoms with E-state index in [9.17, 15) is 0 Å². The summed E-state index contributed by atoms with van der Waals surface area (Å²) in [5.41, 5.74) is 2.81. The second-order valence-corrected chi connectivity index (χ2v) is 12.3. The van der Waals surface area contributed by atoms with E-state index in [-0.39, 0.29) is 0 Å². The summed E-state index contributed by atoms with van der Waals surface area (Å²) in [5, 5.41) is 1.58. The van der Waals surface area contributed by atoms with Crippen LogP contribution in [0.3, 0.4) is 0 Å². The molecule has 0 saturated carbocycles. The minimum atomic E-state index is -1.65. The quantitative estimate of drug-likeness (QED) is 0.567. The number of thiol groups is 1. The molecule has 0 fully saturated rings. The van der Waals surface area contributed by atoms with E-state index in [1.54, 1.807) is 5.19 Å². The van der Waals surface area contributed by atoms with Gasteiger partial charge in [0.25, 0.3) is 0 Å². The van der Waals surface area contributed by atoms with Crippen molar-refractivity contribution in [2.24, 2.45) is 0 Å². The number of hydrogen-bond acceptors (Lipinski definition) is 1. The highest BCUT2D eigenvalue weighted by molar-refractivity contribution is 7.80. The van der Waals surface area contributed by atoms with Gasteiger partial charge in [0, 0.05) is 4.90 Å². The summed E-state index contributed by atoms with van der Waals surface area (Å²) < 4.78 is 0. The monoisotopic (exact) mass is 314 g/mol. The van der Waals surface area contributed by atoms with Crippen molar-refractivity contribution in [3.05, 3.63) is 60.2 Å². The minimum absolute atomic E-state index is 0.702. The van der Waals surface area contributed by atoms with E-state index in [4.69, 9.17) is 0 Å². The van der Waals surface area contributed by atoms with Gasteiger partial charge in [-0.2, -0.15) is 0 Å². The molecule has 0 amide bonds. The first-order chi connectivity index (χ1) is 9.98. The Hall–Kier alpha value is -0.993. The van der Waals surface area contributed by atoms with Crippen LogP contribution in [0, 0.1) is 0 Å². The molecule has 0 N–H and O–H groups in total. The Balaban J connectivity index is 2.54. The van der Waals surface area contributed by atoms with Gasteiger partial charge in [0.1, 0.15) is 0 Å². The smallest absolute Gasteiger partial charge is 0.0960 e. The van der Waals surface area contributed by atoms with Crippen molar-refractivity contribution in [2.75, 3.05) is 0 Å². The average molecular weight is 315 g/mol. The van der Waals surface area contributed by atoms with E-state index in [0.717, 1.165) is 4.90 Å². The van der Waals surface area contributed by atoms with Gasteiger partial charge >= 0.3 is 0 Å². The van der Waals surface area contributed by atoms with Crippen LogP contribution in [0.25, 0.3) is 0 Å². The van der Waals surface area contributed by atoms with Gasteiger partial charge in [-0.15, -0.1) is 12.6 Å². The molecule has 2 rings (SSSR count). The van der Waals surface area contributed by atoms with E-state index < -0.39 is 8.07 Å². The van der Waals surface area contributed by atoms with Crippen LogP contribution in [-0.4, -0.2) is 8.07 Å². The molecule has 0 nitrogen and oxygen atoms in total. The van der Waals surface area contributed by atoms with Crippen molar-refractivity contribution in [3.63, 3.8) is 0 Å². The lowest BCUT2D eigenvalue weighted by Crippen LogP contribution is -2.55. The molecule has 112 valence electrons. The Bertz CT molecular complexity index is 567. The third kappa shape index (κ3) is 3.27. The van der Waals surface area contributed by atoms with Gasteiger partial charge in [-0.25, -0.2) is 0 Å². The van der Waals surface area contributed by atoms with Crippen LogP contribution in [0.2, 0.25) is 11.1 Å². The predicted molar refractivity (Wildman–Crippen MR) is 99.4 cm³/mol. The van der Waals surface area contributed by atoms with Gasteiger partial charge in [-0.1, -0.05) is 81.4 Å². The first-order valence-corrected chi connectivity index (χ1v) is 10.6. The Morgan fingerprint density at radius 2 is 1.33 bits per heavy atom. The first-order valence-electron chi connectivity index (χ1n) is 7.81. The molecule has 2 aromatic rings. The van der Waals surface area contributed by atoms with Gasteiger partial charge < -0.3 is 0 Å². The van der Waals surface area contributed by atoms with Gasteiger partial charge in [0.15, 0.2) is 0 Å². The zero-order valence-corrected chi connectivity index (χ0v) is 15.4. The zero-order valence-electron chi connectivity index (χ0n) is 13.5. The molecule has 0 aliphatic carbocycles. The fourth-order valence-electron chi connectivity index (χ4n) is 3.57. The minimum Gasteiger partial charge on any atom is -0.143 e. The molecule has 0 heterocycles. The second-order valence-electron chi connectivity index (χ2n) is 6.52. The summed E-state index contributed by atoms with van der Waals surface area (Å²) in [6.45, 7) is 9.61. The van der Waals surface area contributed by atoms with Crippen LogP contribution in [0.5, 0.6) is 0 Å². The maximum atomic E-state index is 4.68. The van der Waals surface area contributed by atoms with Gasteiger partial charge in [0.2, 0.25) is 0 Å². The predicted octanol–water partition coefficient (Wildman–Crippen LogP) is 5.23. The summed E-state index contributed by atoms with van der Waals surface area (Å²) in [4.78, 5) is 1.13. The van der Waals surface area contributed by atoms with Crippen LogP contribution in [-0.2, 0) is 6.04 Å². The van der Waals surface area contributed by atoms with Crippen molar-refractivity contribution >= 4 is 25.9 Å². The normalized spacial score (nSPS) is 12.1. The molecule has 0 bridgehead atoms. The topological polar surface area (TPSA) is 0 Å². The Morgan fingerprint density at radius 1 is 0.810 bits per heavy atom. The molecule has 0 unspecified atom stereocenters. The van der Waals surface area contributed by atoms with Crippen molar-refractivity contribution in [2.45, 2.75) is 49.7 Å². The maximum Gasteiger partial charge on any atom is 0.0960 e. The summed E-state index contributed by atoms with van der Waals surface area (Å²) in [6, 6.07) is 20.9. The average Bonchev–Trinajstić information content (AvgIpc) is 2.46. The highest BCUT2D eigenvalue weighted by Gasteiger charge is 2.41. The van der Waals surface area contributed by atoms with Crippen LogP contribution in [0.15, 0.2) is 59.5 Å². The van der Waals surface area contributed by atoms with Crippen molar-refractivity contribution < 1.29 is 0 Å².